The van der Waals surface area contributed by atoms with Gasteiger partial charge in [-0.15, -0.1) is 6.42 Å². The summed E-state index contributed by atoms with van der Waals surface area (Å²) < 4.78 is 0. The van der Waals surface area contributed by atoms with E-state index in [1.54, 1.807) is 12.1 Å². The Hall–Kier alpha value is -1.99. The van der Waals surface area contributed by atoms with Crippen molar-refractivity contribution < 1.29 is 9.90 Å². The van der Waals surface area contributed by atoms with E-state index in [4.69, 9.17) is 11.5 Å². The third-order valence-electron chi connectivity index (χ3n) is 3.74. The maximum Gasteiger partial charge on any atom is 0.335 e. The average molecular weight is 272 g/mol. The number of anilines is 1. The average Bonchev–Trinajstić information content (AvgIpc) is 2.43. The third-order valence-corrected chi connectivity index (χ3v) is 3.74. The fourth-order valence-electron chi connectivity index (χ4n) is 2.54. The second-order valence-electron chi connectivity index (χ2n) is 5.23. The Labute approximate surface area is 119 Å². The molecule has 0 amide bonds. The Morgan fingerprint density at radius 1 is 1.50 bits per heavy atom. The highest BCUT2D eigenvalue weighted by Crippen LogP contribution is 2.21. The van der Waals surface area contributed by atoms with Gasteiger partial charge in [-0.05, 0) is 43.5 Å². The minimum atomic E-state index is -0.887. The Bertz CT molecular complexity index is 526. The van der Waals surface area contributed by atoms with Crippen molar-refractivity contribution in [2.24, 2.45) is 0 Å². The number of terminal acetylenes is 1. The number of aromatic carboxylic acids is 1. The lowest BCUT2D eigenvalue weighted by Crippen LogP contribution is -2.39. The van der Waals surface area contributed by atoms with Crippen LogP contribution >= 0.6 is 0 Å². The number of nitrogens with zero attached hydrogens (tertiary/aromatic N) is 1. The largest absolute Gasteiger partial charge is 0.478 e. The fraction of sp³-hybridized carbons (Fsp3) is 0.438. The first-order valence-corrected chi connectivity index (χ1v) is 6.86. The van der Waals surface area contributed by atoms with Gasteiger partial charge in [0.2, 0.25) is 0 Å². The van der Waals surface area contributed by atoms with Crippen LogP contribution in [0.4, 0.5) is 5.69 Å². The number of nitrogens with one attached hydrogen (secondary N) is 1. The van der Waals surface area contributed by atoms with E-state index in [9.17, 15) is 4.79 Å². The quantitative estimate of drug-likeness (QED) is 0.825. The Morgan fingerprint density at radius 2 is 2.20 bits per heavy atom. The van der Waals surface area contributed by atoms with E-state index in [2.05, 4.69) is 16.1 Å². The molecular formula is C16H20N2O2. The Morgan fingerprint density at radius 3 is 2.75 bits per heavy atom. The number of hydrogen-bond donors (Lipinski definition) is 2. The number of carbonyl (C=O) groups is 1. The van der Waals surface area contributed by atoms with Crippen molar-refractivity contribution in [1.82, 2.24) is 4.90 Å². The zero-order chi connectivity index (χ0) is 14.5. The first kappa shape index (κ1) is 14.4. The molecule has 1 saturated heterocycles. The van der Waals surface area contributed by atoms with Crippen LogP contribution in [-0.4, -0.2) is 41.7 Å². The molecule has 0 saturated carbocycles. The van der Waals surface area contributed by atoms with E-state index in [1.165, 1.54) is 0 Å². The first-order chi connectivity index (χ1) is 9.60. The predicted molar refractivity (Wildman–Crippen MR) is 80.1 cm³/mol. The van der Waals surface area contributed by atoms with E-state index in [0.29, 0.717) is 11.6 Å². The van der Waals surface area contributed by atoms with Crippen LogP contribution in [0.2, 0.25) is 0 Å². The van der Waals surface area contributed by atoms with Crippen molar-refractivity contribution in [1.29, 1.82) is 0 Å². The minimum absolute atomic E-state index is 0.330. The molecule has 2 N–H and O–H groups in total. The van der Waals surface area contributed by atoms with E-state index in [0.717, 1.165) is 43.7 Å². The maximum atomic E-state index is 10.9. The summed E-state index contributed by atoms with van der Waals surface area (Å²) in [6.07, 6.45) is 7.44. The van der Waals surface area contributed by atoms with Gasteiger partial charge in [-0.3, -0.25) is 4.90 Å². The molecule has 20 heavy (non-hydrogen) atoms. The van der Waals surface area contributed by atoms with Gasteiger partial charge in [-0.25, -0.2) is 4.79 Å². The van der Waals surface area contributed by atoms with E-state index in [1.807, 2.05) is 13.0 Å². The van der Waals surface area contributed by atoms with Crippen LogP contribution in [0.25, 0.3) is 0 Å². The molecule has 1 aliphatic rings. The first-order valence-electron chi connectivity index (χ1n) is 6.86. The van der Waals surface area contributed by atoms with E-state index in [-0.39, 0.29) is 0 Å². The minimum Gasteiger partial charge on any atom is -0.478 e. The molecule has 0 unspecified atom stereocenters. The van der Waals surface area contributed by atoms with Gasteiger partial charge >= 0.3 is 5.97 Å². The molecule has 0 atom stereocenters. The molecule has 4 nitrogen and oxygen atoms in total. The summed E-state index contributed by atoms with van der Waals surface area (Å²) >= 11 is 0. The van der Waals surface area contributed by atoms with E-state index < -0.39 is 5.97 Å². The smallest absolute Gasteiger partial charge is 0.335 e. The van der Waals surface area contributed by atoms with Gasteiger partial charge in [0.25, 0.3) is 0 Å². The van der Waals surface area contributed by atoms with Crippen molar-refractivity contribution in [3.05, 3.63) is 29.3 Å². The number of hydrogen-bond acceptors (Lipinski definition) is 3. The van der Waals surface area contributed by atoms with Crippen LogP contribution in [-0.2, 0) is 0 Å². The molecule has 0 spiro atoms. The lowest BCUT2D eigenvalue weighted by Gasteiger charge is -2.32. The molecular weight excluding hydrogens is 252 g/mol. The van der Waals surface area contributed by atoms with Gasteiger partial charge in [-0.2, -0.15) is 0 Å². The van der Waals surface area contributed by atoms with Crippen LogP contribution in [0.3, 0.4) is 0 Å². The third kappa shape index (κ3) is 3.52. The molecule has 1 aliphatic heterocycles. The summed E-state index contributed by atoms with van der Waals surface area (Å²) in [5.41, 5.74) is 2.32. The molecule has 0 aromatic heterocycles. The summed E-state index contributed by atoms with van der Waals surface area (Å²) in [6, 6.07) is 5.63. The summed E-state index contributed by atoms with van der Waals surface area (Å²) in [4.78, 5) is 13.2. The molecule has 1 heterocycles. The summed E-state index contributed by atoms with van der Waals surface area (Å²) in [6.45, 7) is 4.67. The van der Waals surface area contributed by atoms with Crippen molar-refractivity contribution in [3.8, 4) is 12.3 Å². The summed E-state index contributed by atoms with van der Waals surface area (Å²) in [5.74, 6) is 1.79. The lowest BCUT2D eigenvalue weighted by molar-refractivity contribution is 0.0697. The van der Waals surface area contributed by atoms with Crippen molar-refractivity contribution >= 4 is 11.7 Å². The standard InChI is InChI=1S/C16H20N2O2/c1-3-8-18-9-6-14(7-10-18)17-15-5-4-13(16(19)20)11-12(15)2/h1,4-5,11,14,17H,6-10H2,2H3,(H,19,20). The number of piperidine rings is 1. The van der Waals surface area contributed by atoms with Crippen LogP contribution < -0.4 is 5.32 Å². The maximum absolute atomic E-state index is 10.9. The van der Waals surface area contributed by atoms with Gasteiger partial charge < -0.3 is 10.4 Å². The molecule has 2 rings (SSSR count). The number of rotatable bonds is 4. The van der Waals surface area contributed by atoms with Crippen LogP contribution in [0, 0.1) is 19.3 Å². The van der Waals surface area contributed by atoms with Gasteiger partial charge in [0.05, 0.1) is 12.1 Å². The normalized spacial score (nSPS) is 16.6. The topological polar surface area (TPSA) is 52.6 Å². The zero-order valence-electron chi connectivity index (χ0n) is 11.7. The highest BCUT2D eigenvalue weighted by Gasteiger charge is 2.18. The predicted octanol–water partition coefficient (Wildman–Crippen LogP) is 2.20. The monoisotopic (exact) mass is 272 g/mol. The van der Waals surface area contributed by atoms with Crippen LogP contribution in [0.1, 0.15) is 28.8 Å². The van der Waals surface area contributed by atoms with Gasteiger partial charge in [0.1, 0.15) is 0 Å². The van der Waals surface area contributed by atoms with Gasteiger partial charge in [0, 0.05) is 24.8 Å². The molecule has 0 aliphatic carbocycles. The van der Waals surface area contributed by atoms with Crippen LogP contribution in [0.5, 0.6) is 0 Å². The second kappa shape index (κ2) is 6.44. The zero-order valence-corrected chi connectivity index (χ0v) is 11.7. The Balaban J connectivity index is 1.95. The Kier molecular flexibility index (Phi) is 4.65. The SMILES string of the molecule is C#CCN1CCC(Nc2ccc(C(=O)O)cc2C)CC1. The molecule has 0 bridgehead atoms. The number of carboxylic acid groups (broad SMARTS) is 1. The fourth-order valence-corrected chi connectivity index (χ4v) is 2.54. The molecule has 106 valence electrons. The van der Waals surface area contributed by atoms with Gasteiger partial charge in [0.15, 0.2) is 0 Å². The molecule has 1 aromatic rings. The highest BCUT2D eigenvalue weighted by atomic mass is 16.4. The van der Waals surface area contributed by atoms with Crippen LogP contribution in [0.15, 0.2) is 18.2 Å². The summed E-state index contributed by atoms with van der Waals surface area (Å²) in [5, 5.41) is 12.5. The number of aryl methyl sites for hydroxylation is 1. The van der Waals surface area contributed by atoms with Crippen molar-refractivity contribution in [2.75, 3.05) is 25.0 Å². The molecule has 1 aromatic carbocycles. The van der Waals surface area contributed by atoms with Crippen molar-refractivity contribution in [3.63, 3.8) is 0 Å². The molecule has 0 radical (unpaired) electrons. The number of benzene rings is 1. The lowest BCUT2D eigenvalue weighted by atomic mass is 10.0. The number of likely N-dealkylation sites (tertiary alicyclic amines) is 1. The second-order valence-corrected chi connectivity index (χ2v) is 5.23. The number of carboxylic acids is 1. The highest BCUT2D eigenvalue weighted by molar-refractivity contribution is 5.88. The molecule has 4 heteroatoms. The van der Waals surface area contributed by atoms with Crippen molar-refractivity contribution in [2.45, 2.75) is 25.8 Å². The van der Waals surface area contributed by atoms with Gasteiger partial charge in [-0.1, -0.05) is 5.92 Å². The van der Waals surface area contributed by atoms with E-state index >= 15 is 0 Å². The molecule has 1 fully saturated rings. The summed E-state index contributed by atoms with van der Waals surface area (Å²) in [7, 11) is 0.